The largest absolute Gasteiger partial charge is 0.381 e. The highest BCUT2D eigenvalue weighted by Gasteiger charge is 2.43. The van der Waals surface area contributed by atoms with Crippen molar-refractivity contribution in [3.8, 4) is 0 Å². The highest BCUT2D eigenvalue weighted by atomic mass is 35.5. The summed E-state index contributed by atoms with van der Waals surface area (Å²) in [6, 6.07) is 8.96. The van der Waals surface area contributed by atoms with Crippen LogP contribution in [0.25, 0.3) is 0 Å². The third kappa shape index (κ3) is 3.25. The van der Waals surface area contributed by atoms with Gasteiger partial charge in [-0.1, -0.05) is 23.7 Å². The molecule has 0 unspecified atom stereocenters. The second kappa shape index (κ2) is 6.90. The predicted octanol–water partition coefficient (Wildman–Crippen LogP) is 2.44. The molecule has 0 spiro atoms. The van der Waals surface area contributed by atoms with Crippen LogP contribution in [0.1, 0.15) is 18.4 Å². The van der Waals surface area contributed by atoms with Crippen molar-refractivity contribution < 1.29 is 9.53 Å². The number of carbonyl (C=O) groups excluding carboxylic acids is 1. The van der Waals surface area contributed by atoms with E-state index in [9.17, 15) is 4.79 Å². The van der Waals surface area contributed by atoms with E-state index < -0.39 is 0 Å². The number of piperazine rings is 1. The maximum Gasteiger partial charge on any atom is 0.320 e. The van der Waals surface area contributed by atoms with Gasteiger partial charge in [-0.15, -0.1) is 0 Å². The van der Waals surface area contributed by atoms with Crippen molar-refractivity contribution in [1.29, 1.82) is 0 Å². The number of carbonyl (C=O) groups is 1. The number of nitrogens with zero attached hydrogens (tertiary/aromatic N) is 3. The summed E-state index contributed by atoms with van der Waals surface area (Å²) in [6.45, 7) is 6.00. The quantitative estimate of drug-likeness (QED) is 0.841. The van der Waals surface area contributed by atoms with Crippen LogP contribution in [0.4, 0.5) is 4.79 Å². The Labute approximate surface area is 148 Å². The Kier molecular flexibility index (Phi) is 4.66. The lowest BCUT2D eigenvalue weighted by Crippen LogP contribution is -2.51. The Morgan fingerprint density at radius 3 is 2.71 bits per heavy atom. The molecule has 130 valence electrons. The summed E-state index contributed by atoms with van der Waals surface area (Å²) in [5.74, 6) is 0. The summed E-state index contributed by atoms with van der Waals surface area (Å²) in [4.78, 5) is 19.3. The van der Waals surface area contributed by atoms with Gasteiger partial charge in [0.1, 0.15) is 0 Å². The maximum absolute atomic E-state index is 12.7. The second-order valence-corrected chi connectivity index (χ2v) is 7.43. The summed E-state index contributed by atoms with van der Waals surface area (Å²) in [5.41, 5.74) is 1.24. The number of benzene rings is 1. The molecule has 3 aliphatic rings. The zero-order valence-corrected chi connectivity index (χ0v) is 14.6. The van der Waals surface area contributed by atoms with Gasteiger partial charge in [0.05, 0.1) is 6.04 Å². The van der Waals surface area contributed by atoms with Gasteiger partial charge in [-0.2, -0.15) is 0 Å². The second-order valence-electron chi connectivity index (χ2n) is 6.99. The monoisotopic (exact) mass is 349 g/mol. The van der Waals surface area contributed by atoms with Gasteiger partial charge in [-0.3, -0.25) is 4.90 Å². The summed E-state index contributed by atoms with van der Waals surface area (Å²) < 4.78 is 5.44. The molecule has 1 aromatic rings. The van der Waals surface area contributed by atoms with Crippen molar-refractivity contribution in [2.45, 2.75) is 31.5 Å². The zero-order chi connectivity index (χ0) is 16.5. The summed E-state index contributed by atoms with van der Waals surface area (Å²) in [7, 11) is 0. The van der Waals surface area contributed by atoms with Crippen molar-refractivity contribution >= 4 is 17.6 Å². The van der Waals surface area contributed by atoms with Crippen molar-refractivity contribution in [1.82, 2.24) is 14.7 Å². The molecule has 6 heteroatoms. The van der Waals surface area contributed by atoms with Crippen molar-refractivity contribution in [2.75, 3.05) is 39.4 Å². The fourth-order valence-corrected chi connectivity index (χ4v) is 4.35. The number of hydrogen-bond acceptors (Lipinski definition) is 3. The molecule has 0 saturated carbocycles. The van der Waals surface area contributed by atoms with Gasteiger partial charge in [0.25, 0.3) is 0 Å². The molecule has 5 nitrogen and oxygen atoms in total. The molecule has 1 aromatic carbocycles. The van der Waals surface area contributed by atoms with Crippen molar-refractivity contribution in [2.24, 2.45) is 0 Å². The molecule has 2 amide bonds. The Hall–Kier alpha value is -1.30. The molecule has 0 radical (unpaired) electrons. The van der Waals surface area contributed by atoms with Gasteiger partial charge < -0.3 is 14.5 Å². The minimum atomic E-state index is 0.231. The molecule has 0 N–H and O–H groups in total. The number of hydrogen-bond donors (Lipinski definition) is 0. The third-order valence-corrected chi connectivity index (χ3v) is 5.63. The third-order valence-electron chi connectivity index (χ3n) is 5.39. The number of rotatable bonds is 3. The van der Waals surface area contributed by atoms with Gasteiger partial charge >= 0.3 is 6.03 Å². The SMILES string of the molecule is O=C1N(C2CCOCC2)C[C@H]2CN(Cc3cccc(Cl)c3)CCN12. The first kappa shape index (κ1) is 16.2. The van der Waals surface area contributed by atoms with Crippen molar-refractivity contribution in [3.05, 3.63) is 34.9 Å². The molecule has 1 atom stereocenters. The normalized spacial score (nSPS) is 26.0. The molecule has 3 aliphatic heterocycles. The maximum atomic E-state index is 12.7. The van der Waals surface area contributed by atoms with Gasteiger partial charge in [-0.25, -0.2) is 4.79 Å². The van der Waals surface area contributed by atoms with Crippen LogP contribution in [-0.2, 0) is 11.3 Å². The zero-order valence-electron chi connectivity index (χ0n) is 13.9. The van der Waals surface area contributed by atoms with Crippen LogP contribution in [0.2, 0.25) is 5.02 Å². The Morgan fingerprint density at radius 1 is 1.08 bits per heavy atom. The summed E-state index contributed by atoms with van der Waals surface area (Å²) in [6.07, 6.45) is 1.94. The molecule has 3 heterocycles. The van der Waals surface area contributed by atoms with E-state index in [0.29, 0.717) is 12.1 Å². The standard InChI is InChI=1S/C18H24ClN3O2/c19-15-3-1-2-14(10-15)11-20-6-7-21-17(12-20)13-22(18(21)23)16-4-8-24-9-5-16/h1-3,10,16-17H,4-9,11-13H2/t17-/m1/s1. The number of amides is 2. The molecule has 3 saturated heterocycles. The first-order valence-electron chi connectivity index (χ1n) is 8.82. The minimum absolute atomic E-state index is 0.231. The molecule has 24 heavy (non-hydrogen) atoms. The average molecular weight is 350 g/mol. The van der Waals surface area contributed by atoms with Crippen LogP contribution in [-0.4, -0.2) is 72.2 Å². The number of urea groups is 1. The molecule has 4 rings (SSSR count). The van der Waals surface area contributed by atoms with E-state index in [2.05, 4.69) is 20.8 Å². The van der Waals surface area contributed by atoms with E-state index in [0.717, 1.165) is 63.8 Å². The first-order chi connectivity index (χ1) is 11.7. The van der Waals surface area contributed by atoms with Crippen LogP contribution in [0.3, 0.4) is 0 Å². The smallest absolute Gasteiger partial charge is 0.320 e. The summed E-state index contributed by atoms with van der Waals surface area (Å²) >= 11 is 6.09. The Morgan fingerprint density at radius 2 is 1.92 bits per heavy atom. The van der Waals surface area contributed by atoms with Crippen LogP contribution in [0, 0.1) is 0 Å². The first-order valence-corrected chi connectivity index (χ1v) is 9.20. The van der Waals surface area contributed by atoms with E-state index in [1.165, 1.54) is 5.56 Å². The highest BCUT2D eigenvalue weighted by molar-refractivity contribution is 6.30. The highest BCUT2D eigenvalue weighted by Crippen LogP contribution is 2.27. The van der Waals surface area contributed by atoms with E-state index in [1.54, 1.807) is 0 Å². The van der Waals surface area contributed by atoms with Gasteiger partial charge in [-0.05, 0) is 30.5 Å². The molecule has 3 fully saturated rings. The van der Waals surface area contributed by atoms with Crippen molar-refractivity contribution in [3.63, 3.8) is 0 Å². The topological polar surface area (TPSA) is 36.0 Å². The molecule has 0 aromatic heterocycles. The van der Waals surface area contributed by atoms with Gasteiger partial charge in [0.2, 0.25) is 0 Å². The fraction of sp³-hybridized carbons (Fsp3) is 0.611. The predicted molar refractivity (Wildman–Crippen MR) is 93.2 cm³/mol. The molecule has 0 aliphatic carbocycles. The average Bonchev–Trinajstić information content (AvgIpc) is 2.92. The van der Waals surface area contributed by atoms with Gasteiger partial charge in [0, 0.05) is 57.0 Å². The lowest BCUT2D eigenvalue weighted by atomic mass is 10.1. The number of fused-ring (bicyclic) bond motifs is 1. The van der Waals surface area contributed by atoms with E-state index in [1.807, 2.05) is 18.2 Å². The van der Waals surface area contributed by atoms with Crippen LogP contribution >= 0.6 is 11.6 Å². The van der Waals surface area contributed by atoms with Crippen LogP contribution in [0.5, 0.6) is 0 Å². The lowest BCUT2D eigenvalue weighted by Gasteiger charge is -2.36. The molecular formula is C18H24ClN3O2. The van der Waals surface area contributed by atoms with Crippen LogP contribution in [0.15, 0.2) is 24.3 Å². The van der Waals surface area contributed by atoms with E-state index >= 15 is 0 Å². The van der Waals surface area contributed by atoms with Gasteiger partial charge in [0.15, 0.2) is 0 Å². The van der Waals surface area contributed by atoms with Crippen LogP contribution < -0.4 is 0 Å². The molecule has 0 bridgehead atoms. The minimum Gasteiger partial charge on any atom is -0.381 e. The fourth-order valence-electron chi connectivity index (χ4n) is 4.14. The Bertz CT molecular complexity index is 606. The number of halogens is 1. The number of ether oxygens (including phenoxy) is 1. The summed E-state index contributed by atoms with van der Waals surface area (Å²) in [5, 5.41) is 0.785. The molecular weight excluding hydrogens is 326 g/mol. The van der Waals surface area contributed by atoms with E-state index in [4.69, 9.17) is 16.3 Å². The Balaban J connectivity index is 1.39. The van der Waals surface area contributed by atoms with E-state index in [-0.39, 0.29) is 6.03 Å². The lowest BCUT2D eigenvalue weighted by molar-refractivity contribution is 0.0504.